The SMILES string of the molecule is CN1CCN(C(=O)c2ccc(Br)cc2F)CC1.O=C(Cc1ccc(Br)cc1F)N1CCS(=O)(=O)CC1. The van der Waals surface area contributed by atoms with Gasteiger partial charge in [-0.1, -0.05) is 37.9 Å². The lowest BCUT2D eigenvalue weighted by Gasteiger charge is -2.32. The molecule has 196 valence electrons. The highest BCUT2D eigenvalue weighted by Crippen LogP contribution is 2.18. The Hall–Kier alpha value is -1.89. The fraction of sp³-hybridized carbons (Fsp3) is 0.417. The average Bonchev–Trinajstić information content (AvgIpc) is 2.81. The van der Waals surface area contributed by atoms with Gasteiger partial charge in [0.25, 0.3) is 5.91 Å². The number of halogens is 4. The molecular formula is C24H27Br2F2N3O4S. The van der Waals surface area contributed by atoms with Gasteiger partial charge in [-0.15, -0.1) is 0 Å². The Bertz CT molecular complexity index is 1210. The maximum Gasteiger partial charge on any atom is 0.256 e. The number of nitrogens with zero attached hydrogens (tertiary/aromatic N) is 3. The Morgan fingerprint density at radius 3 is 1.94 bits per heavy atom. The molecule has 0 aliphatic carbocycles. The van der Waals surface area contributed by atoms with E-state index in [1.165, 1.54) is 23.1 Å². The maximum absolute atomic E-state index is 13.6. The first-order valence-electron chi connectivity index (χ1n) is 11.3. The highest BCUT2D eigenvalue weighted by atomic mass is 79.9. The molecule has 0 saturated carbocycles. The standard InChI is InChI=1S/C12H14BrFN2O.C12H13BrFNO3S/c1-15-4-6-16(7-5-15)12(17)10-3-2-9(13)8-11(10)14;13-10-2-1-9(11(14)8-10)7-12(16)15-3-5-19(17,18)6-4-15/h2-3,8H,4-7H2,1H3;1-2,8H,3-7H2. The second-order valence-corrected chi connectivity index (χ2v) is 12.8. The predicted molar refractivity (Wildman–Crippen MR) is 141 cm³/mol. The first-order chi connectivity index (χ1) is 16.9. The molecule has 12 heteroatoms. The fourth-order valence-corrected chi connectivity index (χ4v) is 5.61. The van der Waals surface area contributed by atoms with Gasteiger partial charge in [0.2, 0.25) is 5.91 Å². The Kier molecular flexibility index (Phi) is 10.0. The quantitative estimate of drug-likeness (QED) is 0.509. The number of hydrogen-bond donors (Lipinski definition) is 0. The van der Waals surface area contributed by atoms with E-state index >= 15 is 0 Å². The van der Waals surface area contributed by atoms with E-state index in [2.05, 4.69) is 36.8 Å². The van der Waals surface area contributed by atoms with Gasteiger partial charge >= 0.3 is 0 Å². The molecule has 4 rings (SSSR count). The van der Waals surface area contributed by atoms with Crippen molar-refractivity contribution in [2.75, 3.05) is 57.8 Å². The Morgan fingerprint density at radius 1 is 0.833 bits per heavy atom. The topological polar surface area (TPSA) is 78.0 Å². The van der Waals surface area contributed by atoms with Gasteiger partial charge in [0.05, 0.1) is 23.5 Å². The average molecular weight is 651 g/mol. The number of carbonyl (C=O) groups excluding carboxylic acids is 2. The van der Waals surface area contributed by atoms with Crippen LogP contribution in [-0.2, 0) is 21.1 Å². The molecule has 0 bridgehead atoms. The molecule has 7 nitrogen and oxygen atoms in total. The van der Waals surface area contributed by atoms with Crippen molar-refractivity contribution in [2.24, 2.45) is 0 Å². The van der Waals surface area contributed by atoms with Crippen LogP contribution >= 0.6 is 31.9 Å². The van der Waals surface area contributed by atoms with Gasteiger partial charge in [-0.3, -0.25) is 9.59 Å². The number of hydrogen-bond acceptors (Lipinski definition) is 5. The molecule has 2 aliphatic heterocycles. The van der Waals surface area contributed by atoms with Crippen LogP contribution in [0.5, 0.6) is 0 Å². The zero-order valence-electron chi connectivity index (χ0n) is 19.7. The van der Waals surface area contributed by atoms with E-state index in [1.54, 1.807) is 23.1 Å². The highest BCUT2D eigenvalue weighted by Gasteiger charge is 2.25. The number of rotatable bonds is 3. The lowest BCUT2D eigenvalue weighted by atomic mass is 10.1. The van der Waals surface area contributed by atoms with Gasteiger partial charge < -0.3 is 14.7 Å². The summed E-state index contributed by atoms with van der Waals surface area (Å²) in [4.78, 5) is 29.4. The Morgan fingerprint density at radius 2 is 1.39 bits per heavy atom. The first kappa shape index (κ1) is 28.7. The zero-order valence-corrected chi connectivity index (χ0v) is 23.7. The van der Waals surface area contributed by atoms with E-state index in [-0.39, 0.29) is 48.4 Å². The third-order valence-corrected chi connectivity index (χ3v) is 8.60. The van der Waals surface area contributed by atoms with Crippen molar-refractivity contribution < 1.29 is 26.8 Å². The minimum Gasteiger partial charge on any atom is -0.340 e. The van der Waals surface area contributed by atoms with Crippen molar-refractivity contribution in [3.63, 3.8) is 0 Å². The van der Waals surface area contributed by atoms with Crippen molar-refractivity contribution in [3.8, 4) is 0 Å². The minimum atomic E-state index is -3.01. The van der Waals surface area contributed by atoms with Crippen LogP contribution in [0.4, 0.5) is 8.78 Å². The molecule has 2 heterocycles. The summed E-state index contributed by atoms with van der Waals surface area (Å²) in [5.41, 5.74) is 0.472. The van der Waals surface area contributed by atoms with Crippen molar-refractivity contribution in [1.29, 1.82) is 0 Å². The van der Waals surface area contributed by atoms with Crippen LogP contribution in [0.1, 0.15) is 15.9 Å². The number of amides is 2. The highest BCUT2D eigenvalue weighted by molar-refractivity contribution is 9.10. The van der Waals surface area contributed by atoms with Crippen LogP contribution in [0.3, 0.4) is 0 Å². The molecule has 0 atom stereocenters. The fourth-order valence-electron chi connectivity index (χ4n) is 3.74. The van der Waals surface area contributed by atoms with Gasteiger partial charge in [0.1, 0.15) is 11.6 Å². The largest absolute Gasteiger partial charge is 0.340 e. The van der Waals surface area contributed by atoms with E-state index < -0.39 is 21.5 Å². The van der Waals surface area contributed by atoms with Crippen molar-refractivity contribution in [2.45, 2.75) is 6.42 Å². The zero-order chi connectivity index (χ0) is 26.5. The minimum absolute atomic E-state index is 0.0123. The van der Waals surface area contributed by atoms with E-state index in [1.807, 2.05) is 7.05 Å². The van der Waals surface area contributed by atoms with Crippen LogP contribution in [0.15, 0.2) is 45.3 Å². The molecule has 2 aromatic rings. The molecule has 2 amide bonds. The summed E-state index contributed by atoms with van der Waals surface area (Å²) in [6.45, 7) is 3.38. The van der Waals surface area contributed by atoms with Crippen molar-refractivity contribution in [1.82, 2.24) is 14.7 Å². The van der Waals surface area contributed by atoms with Crippen molar-refractivity contribution >= 4 is 53.5 Å². The normalized spacial score (nSPS) is 17.8. The van der Waals surface area contributed by atoms with E-state index in [0.29, 0.717) is 27.6 Å². The van der Waals surface area contributed by atoms with Crippen LogP contribution in [0.2, 0.25) is 0 Å². The first-order valence-corrected chi connectivity index (χ1v) is 14.7. The number of benzene rings is 2. The molecule has 0 N–H and O–H groups in total. The molecule has 0 aromatic heterocycles. The summed E-state index contributed by atoms with van der Waals surface area (Å²) in [6.07, 6.45) is -0.0425. The summed E-state index contributed by atoms with van der Waals surface area (Å²) < 4.78 is 51.0. The third-order valence-electron chi connectivity index (χ3n) is 6.01. The van der Waals surface area contributed by atoms with Crippen LogP contribution < -0.4 is 0 Å². The molecule has 2 aromatic carbocycles. The Labute approximate surface area is 226 Å². The van der Waals surface area contributed by atoms with Gasteiger partial charge in [-0.2, -0.15) is 0 Å². The van der Waals surface area contributed by atoms with Gasteiger partial charge in [-0.25, -0.2) is 17.2 Å². The summed E-state index contributed by atoms with van der Waals surface area (Å²) in [5, 5.41) is 0. The third kappa shape index (κ3) is 8.06. The number of carbonyl (C=O) groups is 2. The van der Waals surface area contributed by atoms with E-state index in [0.717, 1.165) is 13.1 Å². The predicted octanol–water partition coefficient (Wildman–Crippen LogP) is 3.36. The molecule has 2 saturated heterocycles. The summed E-state index contributed by atoms with van der Waals surface area (Å²) in [5.74, 6) is -1.39. The number of likely N-dealkylation sites (N-methyl/N-ethyl adjacent to an activating group) is 1. The molecular weight excluding hydrogens is 624 g/mol. The molecule has 2 aliphatic rings. The number of sulfone groups is 1. The lowest BCUT2D eigenvalue weighted by molar-refractivity contribution is -0.130. The van der Waals surface area contributed by atoms with Gasteiger partial charge in [0, 0.05) is 48.2 Å². The van der Waals surface area contributed by atoms with E-state index in [9.17, 15) is 26.8 Å². The summed E-state index contributed by atoms with van der Waals surface area (Å²) in [6, 6.07) is 9.07. The smallest absolute Gasteiger partial charge is 0.256 e. The lowest BCUT2D eigenvalue weighted by Crippen LogP contribution is -2.47. The van der Waals surface area contributed by atoms with Gasteiger partial charge in [-0.05, 0) is 42.9 Å². The Balaban J connectivity index is 0.000000202. The second-order valence-electron chi connectivity index (χ2n) is 8.66. The van der Waals surface area contributed by atoms with E-state index in [4.69, 9.17) is 0 Å². The van der Waals surface area contributed by atoms with Crippen LogP contribution in [0, 0.1) is 11.6 Å². The maximum atomic E-state index is 13.6. The molecule has 36 heavy (non-hydrogen) atoms. The molecule has 0 radical (unpaired) electrons. The number of piperazine rings is 1. The van der Waals surface area contributed by atoms with Crippen LogP contribution in [0.25, 0.3) is 0 Å². The van der Waals surface area contributed by atoms with Crippen molar-refractivity contribution in [3.05, 3.63) is 68.1 Å². The monoisotopic (exact) mass is 649 g/mol. The second kappa shape index (κ2) is 12.6. The molecule has 2 fully saturated rings. The van der Waals surface area contributed by atoms with Crippen LogP contribution in [-0.4, -0.2) is 92.8 Å². The summed E-state index contributed by atoms with van der Waals surface area (Å²) >= 11 is 6.33. The van der Waals surface area contributed by atoms with Gasteiger partial charge in [0.15, 0.2) is 9.84 Å². The summed E-state index contributed by atoms with van der Waals surface area (Å²) in [7, 11) is -0.994. The molecule has 0 spiro atoms. The molecule has 0 unspecified atom stereocenters.